The molecule has 1 fully saturated rings. The van der Waals surface area contributed by atoms with Crippen LogP contribution in [0.5, 0.6) is 0 Å². The smallest absolute Gasteiger partial charge is 0.173 e. The predicted octanol–water partition coefficient (Wildman–Crippen LogP) is 6.26. The van der Waals surface area contributed by atoms with Crippen molar-refractivity contribution in [2.75, 3.05) is 5.32 Å². The number of nitrogens with one attached hydrogen (secondary N) is 2. The number of benzene rings is 2. The Morgan fingerprint density at radius 3 is 2.75 bits per heavy atom. The van der Waals surface area contributed by atoms with Crippen molar-refractivity contribution in [1.82, 2.24) is 9.88 Å². The van der Waals surface area contributed by atoms with Gasteiger partial charge in [-0.05, 0) is 60.8 Å². The summed E-state index contributed by atoms with van der Waals surface area (Å²) in [7, 11) is 0. The molecule has 0 aliphatic heterocycles. The van der Waals surface area contributed by atoms with E-state index in [0.29, 0.717) is 6.04 Å². The Bertz CT molecular complexity index is 940. The Balaban J connectivity index is 1.58. The summed E-state index contributed by atoms with van der Waals surface area (Å²) in [5.74, 6) is 0. The molecular formula is C24H29N3S. The van der Waals surface area contributed by atoms with Crippen molar-refractivity contribution < 1.29 is 0 Å². The maximum Gasteiger partial charge on any atom is 0.173 e. The van der Waals surface area contributed by atoms with Crippen molar-refractivity contribution in [2.45, 2.75) is 58.0 Å². The first kappa shape index (κ1) is 19.0. The number of thiocarbonyl (C=S) groups is 1. The quantitative estimate of drug-likeness (QED) is 0.503. The second-order valence-electron chi connectivity index (χ2n) is 7.76. The Labute approximate surface area is 173 Å². The lowest BCUT2D eigenvalue weighted by atomic mass is 9.94. The third kappa shape index (κ3) is 4.22. The van der Waals surface area contributed by atoms with Gasteiger partial charge in [-0.2, -0.15) is 0 Å². The van der Waals surface area contributed by atoms with Gasteiger partial charge in [0.2, 0.25) is 0 Å². The van der Waals surface area contributed by atoms with Gasteiger partial charge in [0.15, 0.2) is 5.11 Å². The van der Waals surface area contributed by atoms with E-state index in [1.165, 1.54) is 54.1 Å². The standard InChI is InChI=1S/C24H29N3S/c1-2-18-9-8-10-20(15-18)26-24(28)27(21-11-4-3-5-12-21)17-19-16-25-23-14-7-6-13-22(19)23/h6-10,13-16,21,25H,2-5,11-12,17H2,1H3,(H,26,28). The van der Waals surface area contributed by atoms with Gasteiger partial charge in [-0.1, -0.05) is 56.5 Å². The zero-order valence-electron chi connectivity index (χ0n) is 16.6. The van der Waals surface area contributed by atoms with E-state index in [-0.39, 0.29) is 0 Å². The van der Waals surface area contributed by atoms with Crippen molar-refractivity contribution in [3.05, 3.63) is 65.9 Å². The van der Waals surface area contributed by atoms with Crippen LogP contribution in [0.25, 0.3) is 10.9 Å². The van der Waals surface area contributed by atoms with E-state index < -0.39 is 0 Å². The van der Waals surface area contributed by atoms with Crippen LogP contribution in [0, 0.1) is 0 Å². The van der Waals surface area contributed by atoms with Gasteiger partial charge < -0.3 is 15.2 Å². The molecule has 28 heavy (non-hydrogen) atoms. The van der Waals surface area contributed by atoms with Crippen molar-refractivity contribution in [1.29, 1.82) is 0 Å². The number of para-hydroxylation sites is 1. The number of anilines is 1. The second-order valence-corrected chi connectivity index (χ2v) is 8.15. The maximum absolute atomic E-state index is 5.92. The average Bonchev–Trinajstić information content (AvgIpc) is 3.15. The Morgan fingerprint density at radius 2 is 1.93 bits per heavy atom. The highest BCUT2D eigenvalue weighted by Gasteiger charge is 2.24. The van der Waals surface area contributed by atoms with Gasteiger partial charge in [-0.25, -0.2) is 0 Å². The number of aromatic nitrogens is 1. The Morgan fingerprint density at radius 1 is 1.11 bits per heavy atom. The summed E-state index contributed by atoms with van der Waals surface area (Å²) in [6, 6.07) is 17.6. The van der Waals surface area contributed by atoms with Gasteiger partial charge in [-0.15, -0.1) is 0 Å². The van der Waals surface area contributed by atoms with Crippen molar-refractivity contribution in [2.24, 2.45) is 0 Å². The third-order valence-electron chi connectivity index (χ3n) is 5.88. The van der Waals surface area contributed by atoms with E-state index in [1.54, 1.807) is 0 Å². The number of H-pyrrole nitrogens is 1. The van der Waals surface area contributed by atoms with Gasteiger partial charge in [0.05, 0.1) is 0 Å². The van der Waals surface area contributed by atoms with Crippen LogP contribution in [0.2, 0.25) is 0 Å². The lowest BCUT2D eigenvalue weighted by Gasteiger charge is -2.36. The first-order valence-electron chi connectivity index (χ1n) is 10.5. The average molecular weight is 392 g/mol. The molecule has 1 aliphatic rings. The van der Waals surface area contributed by atoms with Crippen molar-refractivity contribution in [3.8, 4) is 0 Å². The number of rotatable bonds is 5. The van der Waals surface area contributed by atoms with Crippen LogP contribution in [0.3, 0.4) is 0 Å². The highest BCUT2D eigenvalue weighted by molar-refractivity contribution is 7.80. The Kier molecular flexibility index (Phi) is 5.96. The zero-order valence-corrected chi connectivity index (χ0v) is 17.4. The molecule has 0 amide bonds. The molecule has 146 valence electrons. The molecule has 1 aliphatic carbocycles. The van der Waals surface area contributed by atoms with Crippen LogP contribution in [0.1, 0.15) is 50.2 Å². The van der Waals surface area contributed by atoms with Crippen molar-refractivity contribution in [3.63, 3.8) is 0 Å². The summed E-state index contributed by atoms with van der Waals surface area (Å²) >= 11 is 5.92. The van der Waals surface area contributed by atoms with Crippen molar-refractivity contribution >= 4 is 33.9 Å². The molecule has 2 aromatic carbocycles. The molecule has 1 heterocycles. The summed E-state index contributed by atoms with van der Waals surface area (Å²) in [6.45, 7) is 3.02. The van der Waals surface area contributed by atoms with E-state index in [1.807, 2.05) is 0 Å². The highest BCUT2D eigenvalue weighted by Crippen LogP contribution is 2.27. The molecule has 0 atom stereocenters. The molecule has 1 saturated carbocycles. The van der Waals surface area contributed by atoms with E-state index in [9.17, 15) is 0 Å². The van der Waals surface area contributed by atoms with Crippen LogP contribution in [0.4, 0.5) is 5.69 Å². The molecule has 3 aromatic rings. The summed E-state index contributed by atoms with van der Waals surface area (Å²) in [5, 5.41) is 5.65. The summed E-state index contributed by atoms with van der Waals surface area (Å²) in [5.41, 5.74) is 4.92. The normalized spacial score (nSPS) is 14.9. The lowest BCUT2D eigenvalue weighted by molar-refractivity contribution is 0.241. The van der Waals surface area contributed by atoms with Gasteiger partial charge in [0, 0.05) is 35.4 Å². The molecule has 2 N–H and O–H groups in total. The molecule has 0 unspecified atom stereocenters. The largest absolute Gasteiger partial charge is 0.361 e. The second kappa shape index (κ2) is 8.78. The fraction of sp³-hybridized carbons (Fsp3) is 0.375. The van der Waals surface area contributed by atoms with E-state index in [4.69, 9.17) is 12.2 Å². The number of aromatic amines is 1. The fourth-order valence-corrected chi connectivity index (χ4v) is 4.60. The van der Waals surface area contributed by atoms with Crippen LogP contribution in [-0.4, -0.2) is 21.0 Å². The summed E-state index contributed by atoms with van der Waals surface area (Å²) < 4.78 is 0. The van der Waals surface area contributed by atoms with Gasteiger partial charge in [-0.3, -0.25) is 0 Å². The minimum absolute atomic E-state index is 0.511. The van der Waals surface area contributed by atoms with Crippen LogP contribution < -0.4 is 5.32 Å². The van der Waals surface area contributed by atoms with E-state index >= 15 is 0 Å². The fourth-order valence-electron chi connectivity index (χ4n) is 4.27. The predicted molar refractivity (Wildman–Crippen MR) is 123 cm³/mol. The molecule has 4 rings (SSSR count). The topological polar surface area (TPSA) is 31.1 Å². The molecular weight excluding hydrogens is 362 g/mol. The Hall–Kier alpha value is -2.33. The molecule has 3 nitrogen and oxygen atoms in total. The summed E-state index contributed by atoms with van der Waals surface area (Å²) in [6.07, 6.45) is 9.55. The first-order chi connectivity index (χ1) is 13.7. The third-order valence-corrected chi connectivity index (χ3v) is 6.22. The minimum Gasteiger partial charge on any atom is -0.361 e. The number of hydrogen-bond donors (Lipinski definition) is 2. The van der Waals surface area contributed by atoms with Crippen LogP contribution in [0.15, 0.2) is 54.7 Å². The number of aryl methyl sites for hydroxylation is 1. The van der Waals surface area contributed by atoms with E-state index in [0.717, 1.165) is 23.8 Å². The van der Waals surface area contributed by atoms with E-state index in [2.05, 4.69) is 76.9 Å². The monoisotopic (exact) mass is 391 g/mol. The summed E-state index contributed by atoms with van der Waals surface area (Å²) in [4.78, 5) is 5.83. The molecule has 0 spiro atoms. The number of hydrogen-bond acceptors (Lipinski definition) is 1. The minimum atomic E-state index is 0.511. The lowest BCUT2D eigenvalue weighted by Crippen LogP contribution is -2.43. The molecule has 0 saturated heterocycles. The molecule has 0 radical (unpaired) electrons. The van der Waals surface area contributed by atoms with Gasteiger partial charge in [0.25, 0.3) is 0 Å². The SMILES string of the molecule is CCc1cccc(NC(=S)N(Cc2c[nH]c3ccccc23)C2CCCCC2)c1. The maximum atomic E-state index is 5.92. The van der Waals surface area contributed by atoms with Gasteiger partial charge in [0.1, 0.15) is 0 Å². The number of nitrogens with zero attached hydrogens (tertiary/aromatic N) is 1. The first-order valence-corrected chi connectivity index (χ1v) is 10.9. The molecule has 1 aromatic heterocycles. The van der Waals surface area contributed by atoms with Crippen LogP contribution in [-0.2, 0) is 13.0 Å². The molecule has 0 bridgehead atoms. The molecule has 4 heteroatoms. The van der Waals surface area contributed by atoms with Crippen LogP contribution >= 0.6 is 12.2 Å². The highest BCUT2D eigenvalue weighted by atomic mass is 32.1. The zero-order chi connectivity index (χ0) is 19.3. The number of fused-ring (bicyclic) bond motifs is 1. The van der Waals surface area contributed by atoms with Gasteiger partial charge >= 0.3 is 0 Å².